The molecule has 8 heteroatoms. The van der Waals surface area contributed by atoms with Crippen molar-refractivity contribution in [2.24, 2.45) is 16.5 Å². The Balaban J connectivity index is 0.00000208. The number of fused-ring (bicyclic) bond motifs is 1. The standard InChI is InChI=1S/C16H13N3O4.ClH/c17-16(18)19-10-2-4-12(14(20)21)13(6-10)8-1-3-11-9(5-8)7-23-15(11)22;/h1-6H,7H2,(H,20,21)(H4,17,18,19);1H. The van der Waals surface area contributed by atoms with Crippen LogP contribution >= 0.6 is 12.4 Å². The molecule has 5 N–H and O–H groups in total. The second-order valence-corrected chi connectivity index (χ2v) is 5.02. The topological polar surface area (TPSA) is 128 Å². The summed E-state index contributed by atoms with van der Waals surface area (Å²) in [5, 5.41) is 9.37. The molecule has 0 radical (unpaired) electrons. The van der Waals surface area contributed by atoms with Crippen LogP contribution in [0, 0.1) is 0 Å². The summed E-state index contributed by atoms with van der Waals surface area (Å²) in [6, 6.07) is 9.58. The molecule has 0 saturated carbocycles. The van der Waals surface area contributed by atoms with Gasteiger partial charge in [-0.2, -0.15) is 0 Å². The highest BCUT2D eigenvalue weighted by atomic mass is 35.5. The van der Waals surface area contributed by atoms with Gasteiger partial charge in [0.25, 0.3) is 0 Å². The average molecular weight is 348 g/mol. The highest BCUT2D eigenvalue weighted by Crippen LogP contribution is 2.31. The number of benzene rings is 2. The van der Waals surface area contributed by atoms with Crippen molar-refractivity contribution in [2.45, 2.75) is 6.61 Å². The fourth-order valence-electron chi connectivity index (χ4n) is 2.48. The molecular formula is C16H14ClN3O4. The van der Waals surface area contributed by atoms with Gasteiger partial charge in [0.15, 0.2) is 5.96 Å². The Labute approximate surface area is 143 Å². The van der Waals surface area contributed by atoms with Gasteiger partial charge >= 0.3 is 11.9 Å². The van der Waals surface area contributed by atoms with Gasteiger partial charge in [-0.15, -0.1) is 12.4 Å². The Bertz CT molecular complexity index is 860. The maximum Gasteiger partial charge on any atom is 0.338 e. The Hall–Kier alpha value is -3.06. The van der Waals surface area contributed by atoms with Crippen molar-refractivity contribution in [1.29, 1.82) is 0 Å². The number of carbonyl (C=O) groups excluding carboxylic acids is 1. The van der Waals surface area contributed by atoms with Crippen LogP contribution in [0.2, 0.25) is 0 Å². The van der Waals surface area contributed by atoms with Crippen molar-refractivity contribution < 1.29 is 19.4 Å². The summed E-state index contributed by atoms with van der Waals surface area (Å²) >= 11 is 0. The molecule has 0 saturated heterocycles. The lowest BCUT2D eigenvalue weighted by atomic mass is 9.96. The number of carboxylic acid groups (broad SMARTS) is 1. The van der Waals surface area contributed by atoms with Crippen molar-refractivity contribution in [3.63, 3.8) is 0 Å². The number of guanidine groups is 1. The molecule has 0 unspecified atom stereocenters. The molecule has 2 aromatic rings. The van der Waals surface area contributed by atoms with Crippen LogP contribution in [-0.2, 0) is 11.3 Å². The molecule has 24 heavy (non-hydrogen) atoms. The van der Waals surface area contributed by atoms with Crippen LogP contribution in [0.25, 0.3) is 11.1 Å². The SMILES string of the molecule is Cl.NC(N)=Nc1ccc(C(=O)O)c(-c2ccc3c(c2)COC3=O)c1. The van der Waals surface area contributed by atoms with E-state index in [0.717, 1.165) is 5.56 Å². The summed E-state index contributed by atoms with van der Waals surface area (Å²) in [6.45, 7) is 0.179. The molecule has 0 aromatic heterocycles. The molecule has 0 fully saturated rings. The Morgan fingerprint density at radius 1 is 1.12 bits per heavy atom. The maximum atomic E-state index is 11.5. The first-order valence-corrected chi connectivity index (χ1v) is 6.73. The molecule has 124 valence electrons. The Morgan fingerprint density at radius 2 is 1.88 bits per heavy atom. The summed E-state index contributed by atoms with van der Waals surface area (Å²) in [7, 11) is 0. The largest absolute Gasteiger partial charge is 0.478 e. The molecule has 0 amide bonds. The molecule has 1 heterocycles. The average Bonchev–Trinajstić information content (AvgIpc) is 2.87. The molecule has 0 bridgehead atoms. The van der Waals surface area contributed by atoms with Crippen molar-refractivity contribution >= 4 is 36.0 Å². The number of nitrogens with zero attached hydrogens (tertiary/aromatic N) is 1. The summed E-state index contributed by atoms with van der Waals surface area (Å²) in [4.78, 5) is 26.9. The fraction of sp³-hybridized carbons (Fsp3) is 0.0625. The van der Waals surface area contributed by atoms with E-state index in [2.05, 4.69) is 4.99 Å². The van der Waals surface area contributed by atoms with E-state index in [0.29, 0.717) is 22.4 Å². The van der Waals surface area contributed by atoms with Crippen molar-refractivity contribution in [1.82, 2.24) is 0 Å². The van der Waals surface area contributed by atoms with E-state index in [1.54, 1.807) is 24.3 Å². The minimum absolute atomic E-state index is 0. The number of esters is 1. The number of rotatable bonds is 3. The number of ether oxygens (including phenoxy) is 1. The van der Waals surface area contributed by atoms with E-state index in [-0.39, 0.29) is 36.5 Å². The van der Waals surface area contributed by atoms with Gasteiger partial charge in [0.1, 0.15) is 6.61 Å². The molecule has 1 aliphatic rings. The number of carboxylic acids is 1. The quantitative estimate of drug-likeness (QED) is 0.443. The van der Waals surface area contributed by atoms with Crippen LogP contribution in [-0.4, -0.2) is 23.0 Å². The molecule has 2 aromatic carbocycles. The van der Waals surface area contributed by atoms with Crippen LogP contribution in [0.1, 0.15) is 26.3 Å². The normalized spacial score (nSPS) is 11.9. The van der Waals surface area contributed by atoms with Gasteiger partial charge in [0.2, 0.25) is 0 Å². The van der Waals surface area contributed by atoms with Crippen LogP contribution in [0.15, 0.2) is 41.4 Å². The van der Waals surface area contributed by atoms with Gasteiger partial charge in [-0.25, -0.2) is 14.6 Å². The smallest absolute Gasteiger partial charge is 0.338 e. The molecular weight excluding hydrogens is 334 g/mol. The zero-order valence-electron chi connectivity index (χ0n) is 12.4. The minimum atomic E-state index is -1.07. The maximum absolute atomic E-state index is 11.5. The second kappa shape index (κ2) is 6.59. The number of hydrogen-bond acceptors (Lipinski definition) is 4. The number of nitrogens with two attached hydrogens (primary N) is 2. The van der Waals surface area contributed by atoms with E-state index < -0.39 is 5.97 Å². The van der Waals surface area contributed by atoms with Crippen LogP contribution in [0.4, 0.5) is 5.69 Å². The number of carbonyl (C=O) groups is 2. The first-order valence-electron chi connectivity index (χ1n) is 6.73. The Kier molecular flexibility index (Phi) is 4.75. The molecule has 3 rings (SSSR count). The first kappa shape index (κ1) is 17.3. The summed E-state index contributed by atoms with van der Waals surface area (Å²) in [5.41, 5.74) is 13.6. The molecule has 0 aliphatic carbocycles. The molecule has 1 aliphatic heterocycles. The highest BCUT2D eigenvalue weighted by molar-refractivity contribution is 5.98. The minimum Gasteiger partial charge on any atom is -0.478 e. The van der Waals surface area contributed by atoms with Gasteiger partial charge in [-0.3, -0.25) is 0 Å². The van der Waals surface area contributed by atoms with Gasteiger partial charge in [-0.05, 0) is 41.5 Å². The third-order valence-electron chi connectivity index (χ3n) is 3.49. The monoisotopic (exact) mass is 347 g/mol. The predicted molar refractivity (Wildman–Crippen MR) is 90.7 cm³/mol. The number of cyclic esters (lactones) is 1. The van der Waals surface area contributed by atoms with Gasteiger partial charge in [0.05, 0.1) is 16.8 Å². The van der Waals surface area contributed by atoms with Gasteiger partial charge < -0.3 is 21.3 Å². The fourth-order valence-corrected chi connectivity index (χ4v) is 2.48. The summed E-state index contributed by atoms with van der Waals surface area (Å²) < 4.78 is 4.96. The first-order chi connectivity index (χ1) is 11.0. The highest BCUT2D eigenvalue weighted by Gasteiger charge is 2.22. The van der Waals surface area contributed by atoms with E-state index in [1.807, 2.05) is 0 Å². The zero-order valence-corrected chi connectivity index (χ0v) is 13.2. The summed E-state index contributed by atoms with van der Waals surface area (Å²) in [6.07, 6.45) is 0. The number of aliphatic imine (C=N–C) groups is 1. The molecule has 0 atom stereocenters. The third-order valence-corrected chi connectivity index (χ3v) is 3.49. The molecule has 0 spiro atoms. The Morgan fingerprint density at radius 3 is 2.54 bits per heavy atom. The van der Waals surface area contributed by atoms with Crippen LogP contribution in [0.3, 0.4) is 0 Å². The van der Waals surface area contributed by atoms with Crippen molar-refractivity contribution in [3.05, 3.63) is 53.1 Å². The number of aromatic carboxylic acids is 1. The van der Waals surface area contributed by atoms with E-state index in [9.17, 15) is 14.7 Å². The van der Waals surface area contributed by atoms with Crippen LogP contribution < -0.4 is 11.5 Å². The van der Waals surface area contributed by atoms with Crippen LogP contribution in [0.5, 0.6) is 0 Å². The predicted octanol–water partition coefficient (Wildman–Crippen LogP) is 2.05. The lowest BCUT2D eigenvalue weighted by Gasteiger charge is -2.09. The lowest BCUT2D eigenvalue weighted by molar-refractivity contribution is 0.0534. The molecule has 7 nitrogen and oxygen atoms in total. The summed E-state index contributed by atoms with van der Waals surface area (Å²) in [5.74, 6) is -1.56. The van der Waals surface area contributed by atoms with E-state index >= 15 is 0 Å². The van der Waals surface area contributed by atoms with Crippen molar-refractivity contribution in [3.8, 4) is 11.1 Å². The van der Waals surface area contributed by atoms with E-state index in [4.69, 9.17) is 16.2 Å². The van der Waals surface area contributed by atoms with E-state index in [1.165, 1.54) is 12.1 Å². The zero-order chi connectivity index (χ0) is 16.6. The van der Waals surface area contributed by atoms with Crippen molar-refractivity contribution in [2.75, 3.05) is 0 Å². The lowest BCUT2D eigenvalue weighted by Crippen LogP contribution is -2.21. The number of halogens is 1. The second-order valence-electron chi connectivity index (χ2n) is 5.02. The van der Waals surface area contributed by atoms with Gasteiger partial charge in [0, 0.05) is 5.56 Å². The third kappa shape index (κ3) is 3.16. The van der Waals surface area contributed by atoms with Gasteiger partial charge in [-0.1, -0.05) is 6.07 Å². The number of hydrogen-bond donors (Lipinski definition) is 3.